The number of pyridine rings is 1. The van der Waals surface area contributed by atoms with Gasteiger partial charge in [0.25, 0.3) is 0 Å². The van der Waals surface area contributed by atoms with Crippen LogP contribution in [0.3, 0.4) is 0 Å². The van der Waals surface area contributed by atoms with Gasteiger partial charge in [-0.1, -0.05) is 140 Å². The molecule has 0 radical (unpaired) electrons. The van der Waals surface area contributed by atoms with E-state index >= 15 is 0 Å². The normalized spacial score (nSPS) is 11.5. The Morgan fingerprint density at radius 1 is 0.404 bits per heavy atom. The third-order valence-corrected chi connectivity index (χ3v) is 11.1. The molecule has 0 aliphatic rings. The Morgan fingerprint density at radius 2 is 1.05 bits per heavy atom. The van der Waals surface area contributed by atoms with E-state index in [1.165, 1.54) is 16.5 Å². The second-order valence-electron chi connectivity index (χ2n) is 14.4. The molecule has 0 aliphatic carbocycles. The van der Waals surface area contributed by atoms with Crippen LogP contribution in [-0.2, 0) is 0 Å². The van der Waals surface area contributed by atoms with Gasteiger partial charge in [0.2, 0.25) is 0 Å². The van der Waals surface area contributed by atoms with Gasteiger partial charge < -0.3 is 13.9 Å². The first kappa shape index (κ1) is 32.7. The van der Waals surface area contributed by atoms with Crippen molar-refractivity contribution in [2.24, 2.45) is 0 Å². The number of rotatable bonds is 7. The monoisotopic (exact) mass is 729 g/mol. The summed E-state index contributed by atoms with van der Waals surface area (Å²) < 4.78 is 9.01. The van der Waals surface area contributed by atoms with Crippen molar-refractivity contribution in [1.29, 1.82) is 0 Å². The van der Waals surface area contributed by atoms with Crippen LogP contribution in [0, 0.1) is 0 Å². The first-order valence-electron chi connectivity index (χ1n) is 19.3. The summed E-state index contributed by atoms with van der Waals surface area (Å²) in [5.74, 6) is 0. The lowest BCUT2D eigenvalue weighted by molar-refractivity contribution is 0.670. The zero-order valence-electron chi connectivity index (χ0n) is 31.0. The number of aromatic nitrogens is 2. The predicted octanol–water partition coefficient (Wildman–Crippen LogP) is 14.5. The molecule has 0 atom stereocenters. The highest BCUT2D eigenvalue weighted by atomic mass is 16.3. The van der Waals surface area contributed by atoms with Gasteiger partial charge in [-0.3, -0.25) is 4.98 Å². The summed E-state index contributed by atoms with van der Waals surface area (Å²) >= 11 is 0. The molecule has 11 aromatic rings. The van der Waals surface area contributed by atoms with Gasteiger partial charge in [-0.25, -0.2) is 0 Å². The molecule has 0 aliphatic heterocycles. The Labute approximate surface area is 330 Å². The Balaban J connectivity index is 1.14. The van der Waals surface area contributed by atoms with Crippen LogP contribution in [0.25, 0.3) is 82.8 Å². The Bertz CT molecular complexity index is 3180. The number of fused-ring (bicyclic) bond motifs is 6. The quantitative estimate of drug-likeness (QED) is 0.164. The highest BCUT2D eigenvalue weighted by Gasteiger charge is 2.21. The minimum atomic E-state index is 0.884. The third-order valence-electron chi connectivity index (χ3n) is 11.1. The molecule has 0 saturated carbocycles. The van der Waals surface area contributed by atoms with E-state index in [1.54, 1.807) is 0 Å². The molecular weight excluding hydrogens is 695 g/mol. The van der Waals surface area contributed by atoms with Crippen LogP contribution in [0.1, 0.15) is 0 Å². The zero-order valence-corrected chi connectivity index (χ0v) is 31.0. The summed E-state index contributed by atoms with van der Waals surface area (Å²) in [6.07, 6.45) is 3.84. The molecule has 0 N–H and O–H groups in total. The Hall–Kier alpha value is -7.69. The SMILES string of the molecule is c1ccc(-c2ccc(N(c3cccc(-n4c5ccccc5c5cnccc54)c3)c3ccc(-c4ccccc4)c(-c4cccc5c4oc4ccccc45)c3)cc2)cc1. The van der Waals surface area contributed by atoms with Crippen LogP contribution in [0.5, 0.6) is 0 Å². The first-order chi connectivity index (χ1) is 28.3. The molecule has 0 fully saturated rings. The van der Waals surface area contributed by atoms with Crippen molar-refractivity contribution < 1.29 is 4.42 Å². The van der Waals surface area contributed by atoms with Gasteiger partial charge in [-0.15, -0.1) is 0 Å². The van der Waals surface area contributed by atoms with Crippen molar-refractivity contribution >= 4 is 60.8 Å². The average molecular weight is 730 g/mol. The fourth-order valence-electron chi connectivity index (χ4n) is 8.47. The topological polar surface area (TPSA) is 34.2 Å². The Kier molecular flexibility index (Phi) is 7.78. The maximum atomic E-state index is 6.66. The number of furan rings is 1. The summed E-state index contributed by atoms with van der Waals surface area (Å²) in [6.45, 7) is 0. The van der Waals surface area contributed by atoms with Crippen LogP contribution in [-0.4, -0.2) is 9.55 Å². The number of benzene rings is 8. The van der Waals surface area contributed by atoms with Crippen LogP contribution in [0.4, 0.5) is 17.1 Å². The molecular formula is C53H35N3O. The largest absolute Gasteiger partial charge is 0.455 e. The minimum Gasteiger partial charge on any atom is -0.455 e. The van der Waals surface area contributed by atoms with Crippen molar-refractivity contribution in [3.05, 3.63) is 213 Å². The second kappa shape index (κ2) is 13.6. The second-order valence-corrected chi connectivity index (χ2v) is 14.4. The first-order valence-corrected chi connectivity index (χ1v) is 19.3. The average Bonchev–Trinajstić information content (AvgIpc) is 3.84. The van der Waals surface area contributed by atoms with Gasteiger partial charge in [0.05, 0.1) is 11.0 Å². The summed E-state index contributed by atoms with van der Waals surface area (Å²) in [4.78, 5) is 6.85. The predicted molar refractivity (Wildman–Crippen MR) is 237 cm³/mol. The molecule has 4 heteroatoms. The fourth-order valence-corrected chi connectivity index (χ4v) is 8.47. The number of hydrogen-bond acceptors (Lipinski definition) is 3. The summed E-state index contributed by atoms with van der Waals surface area (Å²) in [5, 5.41) is 4.53. The van der Waals surface area contributed by atoms with Gasteiger partial charge >= 0.3 is 0 Å². The number of nitrogens with zero attached hydrogens (tertiary/aromatic N) is 3. The molecule has 3 aromatic heterocycles. The van der Waals surface area contributed by atoms with E-state index in [4.69, 9.17) is 4.42 Å². The number of anilines is 3. The smallest absolute Gasteiger partial charge is 0.143 e. The van der Waals surface area contributed by atoms with Crippen molar-refractivity contribution in [3.8, 4) is 39.1 Å². The Morgan fingerprint density at radius 3 is 1.89 bits per heavy atom. The summed E-state index contributed by atoms with van der Waals surface area (Å²) in [6, 6.07) is 71.2. The molecule has 0 unspecified atom stereocenters. The number of hydrogen-bond donors (Lipinski definition) is 0. The van der Waals surface area contributed by atoms with Crippen molar-refractivity contribution in [2.45, 2.75) is 0 Å². The lowest BCUT2D eigenvalue weighted by Crippen LogP contribution is -2.11. The maximum absolute atomic E-state index is 6.66. The number of para-hydroxylation sites is 3. The third kappa shape index (κ3) is 5.58. The summed E-state index contributed by atoms with van der Waals surface area (Å²) in [7, 11) is 0. The molecule has 0 spiro atoms. The lowest BCUT2D eigenvalue weighted by atomic mass is 9.92. The van der Waals surface area contributed by atoms with Crippen molar-refractivity contribution in [1.82, 2.24) is 9.55 Å². The van der Waals surface area contributed by atoms with Gasteiger partial charge in [0, 0.05) is 62.3 Å². The van der Waals surface area contributed by atoms with Crippen LogP contribution in [0.2, 0.25) is 0 Å². The molecule has 0 saturated heterocycles. The minimum absolute atomic E-state index is 0.884. The highest BCUT2D eigenvalue weighted by Crippen LogP contribution is 2.45. The van der Waals surface area contributed by atoms with E-state index in [-0.39, 0.29) is 0 Å². The molecule has 11 rings (SSSR count). The molecule has 268 valence electrons. The van der Waals surface area contributed by atoms with Gasteiger partial charge in [-0.05, 0) is 88.5 Å². The highest BCUT2D eigenvalue weighted by molar-refractivity contribution is 6.11. The molecule has 0 bridgehead atoms. The molecule has 8 aromatic carbocycles. The maximum Gasteiger partial charge on any atom is 0.143 e. The van der Waals surface area contributed by atoms with Gasteiger partial charge in [0.1, 0.15) is 11.2 Å². The zero-order chi connectivity index (χ0) is 37.7. The van der Waals surface area contributed by atoms with E-state index in [9.17, 15) is 0 Å². The van der Waals surface area contributed by atoms with Crippen molar-refractivity contribution in [2.75, 3.05) is 4.90 Å². The van der Waals surface area contributed by atoms with Crippen LogP contribution < -0.4 is 4.90 Å². The molecule has 0 amide bonds. The van der Waals surface area contributed by atoms with E-state index in [1.807, 2.05) is 18.5 Å². The van der Waals surface area contributed by atoms with Crippen molar-refractivity contribution in [3.63, 3.8) is 0 Å². The molecule has 3 heterocycles. The van der Waals surface area contributed by atoms with Crippen LogP contribution in [0.15, 0.2) is 217 Å². The van der Waals surface area contributed by atoms with Gasteiger partial charge in [-0.2, -0.15) is 0 Å². The van der Waals surface area contributed by atoms with E-state index in [2.05, 4.69) is 209 Å². The lowest BCUT2D eigenvalue weighted by Gasteiger charge is -2.27. The molecule has 57 heavy (non-hydrogen) atoms. The standard InChI is InChI=1S/C53H35N3O/c1-3-13-36(14-4-1)37-25-27-39(28-26-37)55(40-17-11-18-41(33-40)56-50-23-9-7-19-44(50)49-35-54-32-31-51(49)56)42-29-30-43(38-15-5-2-6-16-38)48(34-42)47-22-12-21-46-45-20-8-10-24-52(45)57-53(46)47/h1-35H. The fraction of sp³-hybridized carbons (Fsp3) is 0. The van der Waals surface area contributed by atoms with E-state index in [0.29, 0.717) is 0 Å². The van der Waals surface area contributed by atoms with Crippen LogP contribution >= 0.6 is 0 Å². The van der Waals surface area contributed by atoms with Gasteiger partial charge in [0.15, 0.2) is 0 Å². The molecule has 4 nitrogen and oxygen atoms in total. The van der Waals surface area contributed by atoms with E-state index in [0.717, 1.165) is 83.4 Å². The summed E-state index contributed by atoms with van der Waals surface area (Å²) in [5.41, 5.74) is 15.0. The van der Waals surface area contributed by atoms with E-state index < -0.39 is 0 Å².